The van der Waals surface area contributed by atoms with Gasteiger partial charge in [-0.05, 0) is 0 Å². The minimum atomic E-state index is -1.30. The molecule has 0 aliphatic carbocycles. The van der Waals surface area contributed by atoms with Crippen LogP contribution < -0.4 is 0 Å². The Balaban J connectivity index is 2.45. The third-order valence-electron chi connectivity index (χ3n) is 1.67. The lowest BCUT2D eigenvalue weighted by molar-refractivity contribution is -0.134. The van der Waals surface area contributed by atoms with E-state index in [0.717, 1.165) is 0 Å². The van der Waals surface area contributed by atoms with Crippen molar-refractivity contribution in [1.82, 2.24) is 0 Å². The molecule has 1 fully saturated rings. The third kappa shape index (κ3) is 1.69. The summed E-state index contributed by atoms with van der Waals surface area (Å²) in [6, 6.07) is 0. The summed E-state index contributed by atoms with van der Waals surface area (Å²) in [7, 11) is 1.45. The fraction of sp³-hybridized carbons (Fsp3) is 1.00. The van der Waals surface area contributed by atoms with Crippen molar-refractivity contribution in [2.75, 3.05) is 13.7 Å². The topological polar surface area (TPSA) is 79.2 Å². The van der Waals surface area contributed by atoms with Crippen LogP contribution in [0.25, 0.3) is 0 Å². The molecule has 0 aromatic rings. The molecule has 0 radical (unpaired) electrons. The van der Waals surface area contributed by atoms with Gasteiger partial charge < -0.3 is 24.8 Å². The first-order chi connectivity index (χ1) is 5.16. The molecule has 0 bridgehead atoms. The van der Waals surface area contributed by atoms with Crippen molar-refractivity contribution in [3.8, 4) is 0 Å². The van der Waals surface area contributed by atoms with Gasteiger partial charge in [0, 0.05) is 7.11 Å². The number of rotatable bonds is 2. The van der Waals surface area contributed by atoms with Gasteiger partial charge in [-0.25, -0.2) is 0 Å². The summed E-state index contributed by atoms with van der Waals surface area (Å²) in [6.45, 7) is 0.162. The van der Waals surface area contributed by atoms with Crippen molar-refractivity contribution in [3.05, 3.63) is 0 Å². The second-order valence-corrected chi connectivity index (χ2v) is 2.50. The maximum Gasteiger partial charge on any atom is 0.184 e. The molecule has 0 spiro atoms. The molecule has 66 valence electrons. The number of methoxy groups -OCH3 is 1. The summed E-state index contributed by atoms with van der Waals surface area (Å²) in [5.41, 5.74) is 0. The van der Waals surface area contributed by atoms with E-state index in [2.05, 4.69) is 4.74 Å². The van der Waals surface area contributed by atoms with E-state index in [1.807, 2.05) is 0 Å². The van der Waals surface area contributed by atoms with E-state index < -0.39 is 24.6 Å². The lowest BCUT2D eigenvalue weighted by Crippen LogP contribution is -2.34. The van der Waals surface area contributed by atoms with Crippen molar-refractivity contribution in [2.24, 2.45) is 0 Å². The molecule has 4 atom stereocenters. The number of aliphatic hydroxyl groups excluding tert-OH is 3. The summed E-state index contributed by atoms with van der Waals surface area (Å²) >= 11 is 0. The lowest BCUT2D eigenvalue weighted by atomic mass is 10.1. The molecular weight excluding hydrogens is 152 g/mol. The van der Waals surface area contributed by atoms with Gasteiger partial charge in [0.1, 0.15) is 18.3 Å². The first-order valence-corrected chi connectivity index (χ1v) is 3.35. The monoisotopic (exact) mass is 164 g/mol. The van der Waals surface area contributed by atoms with Crippen LogP contribution in [-0.4, -0.2) is 53.6 Å². The van der Waals surface area contributed by atoms with Gasteiger partial charge in [-0.15, -0.1) is 0 Å². The molecule has 1 aliphatic rings. The summed E-state index contributed by atoms with van der Waals surface area (Å²) in [6.07, 6.45) is -4.23. The van der Waals surface area contributed by atoms with Crippen LogP contribution in [0.2, 0.25) is 0 Å². The van der Waals surface area contributed by atoms with Crippen molar-refractivity contribution >= 4 is 0 Å². The second-order valence-electron chi connectivity index (χ2n) is 2.50. The molecule has 0 aromatic heterocycles. The average Bonchev–Trinajstić information content (AvgIpc) is 2.19. The predicted molar refractivity (Wildman–Crippen MR) is 34.8 cm³/mol. The highest BCUT2D eigenvalue weighted by Gasteiger charge is 2.41. The van der Waals surface area contributed by atoms with Gasteiger partial charge in [-0.3, -0.25) is 0 Å². The van der Waals surface area contributed by atoms with Crippen LogP contribution in [0.15, 0.2) is 0 Å². The fourth-order valence-corrected chi connectivity index (χ4v) is 1.03. The summed E-state index contributed by atoms with van der Waals surface area (Å²) in [5.74, 6) is 0. The van der Waals surface area contributed by atoms with Crippen molar-refractivity contribution in [1.29, 1.82) is 0 Å². The molecule has 5 heteroatoms. The van der Waals surface area contributed by atoms with Gasteiger partial charge in [0.25, 0.3) is 0 Å². The molecule has 3 N–H and O–H groups in total. The number of hydrogen-bond acceptors (Lipinski definition) is 5. The first-order valence-electron chi connectivity index (χ1n) is 3.35. The SMILES string of the molecule is COCC1OC(O)[C@@H](O)[C@H]1O. The molecule has 11 heavy (non-hydrogen) atoms. The maximum absolute atomic E-state index is 9.14. The zero-order chi connectivity index (χ0) is 8.43. The van der Waals surface area contributed by atoms with Gasteiger partial charge in [-0.1, -0.05) is 0 Å². The zero-order valence-corrected chi connectivity index (χ0v) is 6.17. The maximum atomic E-state index is 9.14. The number of hydrogen-bond donors (Lipinski definition) is 3. The second kappa shape index (κ2) is 3.46. The molecule has 5 nitrogen and oxygen atoms in total. The van der Waals surface area contributed by atoms with E-state index in [1.165, 1.54) is 7.11 Å². The van der Waals surface area contributed by atoms with E-state index in [4.69, 9.17) is 20.1 Å². The van der Waals surface area contributed by atoms with Crippen molar-refractivity contribution in [2.45, 2.75) is 24.6 Å². The predicted octanol–water partition coefficient (Wildman–Crippen LogP) is -1.93. The van der Waals surface area contributed by atoms with E-state index in [-0.39, 0.29) is 6.61 Å². The number of ether oxygens (including phenoxy) is 2. The van der Waals surface area contributed by atoms with Crippen LogP contribution >= 0.6 is 0 Å². The van der Waals surface area contributed by atoms with Crippen LogP contribution in [-0.2, 0) is 9.47 Å². The van der Waals surface area contributed by atoms with Gasteiger partial charge in [0.2, 0.25) is 0 Å². The molecule has 1 heterocycles. The highest BCUT2D eigenvalue weighted by molar-refractivity contribution is 4.85. The van der Waals surface area contributed by atoms with E-state index in [1.54, 1.807) is 0 Å². The Morgan fingerprint density at radius 2 is 1.91 bits per heavy atom. The average molecular weight is 164 g/mol. The minimum absolute atomic E-state index is 0.162. The standard InChI is InChI=1S/C6H12O5/c1-10-2-3-4(7)5(8)6(9)11-3/h3-9H,2H2,1H3/t3?,4-,5-,6?/m0/s1. The van der Waals surface area contributed by atoms with Gasteiger partial charge >= 0.3 is 0 Å². The Hall–Kier alpha value is -0.200. The van der Waals surface area contributed by atoms with E-state index in [9.17, 15) is 0 Å². The van der Waals surface area contributed by atoms with Gasteiger partial charge in [0.15, 0.2) is 6.29 Å². The Labute approximate surface area is 64.2 Å². The molecule has 1 aliphatic heterocycles. The van der Waals surface area contributed by atoms with Crippen LogP contribution in [0.4, 0.5) is 0 Å². The Bertz CT molecular complexity index is 128. The smallest absolute Gasteiger partial charge is 0.184 e. The van der Waals surface area contributed by atoms with E-state index >= 15 is 0 Å². The highest BCUT2D eigenvalue weighted by atomic mass is 16.7. The largest absolute Gasteiger partial charge is 0.387 e. The lowest BCUT2D eigenvalue weighted by Gasteiger charge is -2.11. The van der Waals surface area contributed by atoms with Crippen molar-refractivity contribution in [3.63, 3.8) is 0 Å². The molecule has 0 aromatic carbocycles. The number of aliphatic hydroxyl groups is 3. The molecule has 1 rings (SSSR count). The Kier molecular flexibility index (Phi) is 2.80. The van der Waals surface area contributed by atoms with Crippen molar-refractivity contribution < 1.29 is 24.8 Å². The molecule has 1 saturated heterocycles. The Morgan fingerprint density at radius 3 is 2.27 bits per heavy atom. The normalized spacial score (nSPS) is 44.7. The van der Waals surface area contributed by atoms with Crippen LogP contribution in [0, 0.1) is 0 Å². The van der Waals surface area contributed by atoms with Crippen LogP contribution in [0.1, 0.15) is 0 Å². The van der Waals surface area contributed by atoms with Gasteiger partial charge in [-0.2, -0.15) is 0 Å². The first kappa shape index (κ1) is 8.89. The summed E-state index contributed by atoms with van der Waals surface area (Å²) in [5, 5.41) is 27.0. The third-order valence-corrected chi connectivity index (χ3v) is 1.67. The quantitative estimate of drug-likeness (QED) is 0.443. The van der Waals surface area contributed by atoms with Crippen LogP contribution in [0.5, 0.6) is 0 Å². The highest BCUT2D eigenvalue weighted by Crippen LogP contribution is 2.19. The molecule has 0 amide bonds. The van der Waals surface area contributed by atoms with E-state index in [0.29, 0.717) is 0 Å². The summed E-state index contributed by atoms with van der Waals surface area (Å²) in [4.78, 5) is 0. The Morgan fingerprint density at radius 1 is 1.27 bits per heavy atom. The molecule has 2 unspecified atom stereocenters. The molecular formula is C6H12O5. The van der Waals surface area contributed by atoms with Crippen LogP contribution in [0.3, 0.4) is 0 Å². The minimum Gasteiger partial charge on any atom is -0.387 e. The fourth-order valence-electron chi connectivity index (χ4n) is 1.03. The zero-order valence-electron chi connectivity index (χ0n) is 6.17. The van der Waals surface area contributed by atoms with Gasteiger partial charge in [0.05, 0.1) is 6.61 Å². The molecule has 0 saturated carbocycles. The summed E-state index contributed by atoms with van der Waals surface area (Å²) < 4.78 is 9.44.